The van der Waals surface area contributed by atoms with Crippen LogP contribution in [0, 0.1) is 6.92 Å². The van der Waals surface area contributed by atoms with E-state index in [1.807, 2.05) is 48.1 Å². The van der Waals surface area contributed by atoms with Crippen molar-refractivity contribution in [2.24, 2.45) is 0 Å². The molecular formula is C21H23N2O3+. The van der Waals surface area contributed by atoms with Crippen molar-refractivity contribution in [2.45, 2.75) is 20.0 Å². The van der Waals surface area contributed by atoms with Gasteiger partial charge in [-0.05, 0) is 42.0 Å². The molecule has 26 heavy (non-hydrogen) atoms. The van der Waals surface area contributed by atoms with Gasteiger partial charge in [-0.15, -0.1) is 0 Å². The number of methoxy groups -OCH3 is 2. The van der Waals surface area contributed by atoms with Gasteiger partial charge >= 0.3 is 0 Å². The monoisotopic (exact) mass is 351 g/mol. The van der Waals surface area contributed by atoms with Crippen molar-refractivity contribution in [1.82, 2.24) is 4.57 Å². The molecule has 3 rings (SSSR count). The van der Waals surface area contributed by atoms with Gasteiger partial charge in [0.15, 0.2) is 6.54 Å². The van der Waals surface area contributed by atoms with E-state index in [1.54, 1.807) is 38.5 Å². The number of nitrogens with zero attached hydrogens (tertiary/aromatic N) is 2. The number of aromatic nitrogens is 2. The fourth-order valence-electron chi connectivity index (χ4n) is 2.83. The van der Waals surface area contributed by atoms with Crippen molar-refractivity contribution in [1.29, 1.82) is 0 Å². The maximum atomic E-state index is 12.5. The highest BCUT2D eigenvalue weighted by Crippen LogP contribution is 2.13. The number of Topliss-reactive ketones (excluding diaryl/α,β-unsaturated/α-hetero) is 1. The van der Waals surface area contributed by atoms with Crippen LogP contribution < -0.4 is 14.0 Å². The van der Waals surface area contributed by atoms with E-state index in [4.69, 9.17) is 9.47 Å². The number of ether oxygens (including phenoxy) is 2. The molecule has 5 heteroatoms. The zero-order valence-corrected chi connectivity index (χ0v) is 15.3. The Kier molecular flexibility index (Phi) is 5.37. The highest BCUT2D eigenvalue weighted by molar-refractivity contribution is 5.96. The molecule has 0 radical (unpaired) electrons. The van der Waals surface area contributed by atoms with Crippen molar-refractivity contribution in [3.8, 4) is 11.5 Å². The molecule has 0 amide bonds. The molecule has 0 spiro atoms. The minimum atomic E-state index is 0.0722. The normalized spacial score (nSPS) is 10.6. The summed E-state index contributed by atoms with van der Waals surface area (Å²) >= 11 is 0. The molecule has 0 bridgehead atoms. The highest BCUT2D eigenvalue weighted by atomic mass is 16.5. The van der Waals surface area contributed by atoms with Gasteiger partial charge in [0, 0.05) is 12.5 Å². The Hall–Kier alpha value is -3.08. The van der Waals surface area contributed by atoms with Gasteiger partial charge in [-0.2, -0.15) is 0 Å². The Morgan fingerprint density at radius 3 is 2.12 bits per heavy atom. The average molecular weight is 351 g/mol. The summed E-state index contributed by atoms with van der Waals surface area (Å²) in [6.07, 6.45) is 3.95. The Balaban J connectivity index is 1.70. The van der Waals surface area contributed by atoms with Gasteiger partial charge in [-0.1, -0.05) is 12.1 Å². The van der Waals surface area contributed by atoms with Gasteiger partial charge < -0.3 is 9.47 Å². The predicted octanol–water partition coefficient (Wildman–Crippen LogP) is 3.03. The summed E-state index contributed by atoms with van der Waals surface area (Å²) in [5.41, 5.74) is 1.86. The number of benzene rings is 2. The highest BCUT2D eigenvalue weighted by Gasteiger charge is 2.17. The van der Waals surface area contributed by atoms with Gasteiger partial charge in [0.1, 0.15) is 30.4 Å². The van der Waals surface area contributed by atoms with E-state index in [0.717, 1.165) is 23.9 Å². The molecule has 0 saturated heterocycles. The molecule has 0 N–H and O–H groups in total. The summed E-state index contributed by atoms with van der Waals surface area (Å²) in [6.45, 7) is 3.08. The molecule has 5 nitrogen and oxygen atoms in total. The van der Waals surface area contributed by atoms with Gasteiger partial charge in [-0.25, -0.2) is 9.13 Å². The first-order chi connectivity index (χ1) is 12.6. The molecule has 3 aromatic rings. The lowest BCUT2D eigenvalue weighted by Gasteiger charge is -2.04. The van der Waals surface area contributed by atoms with E-state index >= 15 is 0 Å². The second kappa shape index (κ2) is 7.87. The SMILES string of the molecule is COc1ccc(C[n+]2ccn(CC(=O)c3ccc(OC)cc3)c2C)cc1. The number of ketones is 1. The zero-order chi connectivity index (χ0) is 18.5. The third kappa shape index (κ3) is 3.94. The molecule has 0 saturated carbocycles. The average Bonchev–Trinajstić information content (AvgIpc) is 3.02. The second-order valence-corrected chi connectivity index (χ2v) is 6.10. The number of carbonyl (C=O) groups is 1. The number of rotatable bonds is 7. The summed E-state index contributed by atoms with van der Waals surface area (Å²) in [5.74, 6) is 2.69. The summed E-state index contributed by atoms with van der Waals surface area (Å²) in [6, 6.07) is 15.2. The quantitative estimate of drug-likeness (QED) is 0.485. The molecule has 0 unspecified atom stereocenters. The minimum absolute atomic E-state index is 0.0722. The third-order valence-electron chi connectivity index (χ3n) is 4.50. The molecule has 0 fully saturated rings. The van der Waals surface area contributed by atoms with Crippen LogP contribution in [0.5, 0.6) is 11.5 Å². The first kappa shape index (κ1) is 17.7. The van der Waals surface area contributed by atoms with Crippen LogP contribution in [0.2, 0.25) is 0 Å². The summed E-state index contributed by atoms with van der Waals surface area (Å²) in [4.78, 5) is 12.5. The Bertz CT molecular complexity index is 881. The van der Waals surface area contributed by atoms with Crippen molar-refractivity contribution < 1.29 is 18.8 Å². The Labute approximate surface area is 153 Å². The van der Waals surface area contributed by atoms with E-state index in [1.165, 1.54) is 5.56 Å². The molecule has 0 aliphatic carbocycles. The smallest absolute Gasteiger partial charge is 0.253 e. The zero-order valence-electron chi connectivity index (χ0n) is 15.3. The molecule has 0 aliphatic heterocycles. The third-order valence-corrected chi connectivity index (χ3v) is 4.50. The van der Waals surface area contributed by atoms with E-state index in [9.17, 15) is 4.79 Å². The van der Waals surface area contributed by atoms with Gasteiger partial charge in [0.25, 0.3) is 5.82 Å². The number of carbonyl (C=O) groups excluding carboxylic acids is 1. The van der Waals surface area contributed by atoms with Gasteiger partial charge in [-0.3, -0.25) is 4.79 Å². The van der Waals surface area contributed by atoms with Crippen molar-refractivity contribution in [3.63, 3.8) is 0 Å². The first-order valence-electron chi connectivity index (χ1n) is 8.46. The van der Waals surface area contributed by atoms with Crippen LogP contribution >= 0.6 is 0 Å². The lowest BCUT2D eigenvalue weighted by Crippen LogP contribution is -2.36. The van der Waals surface area contributed by atoms with Crippen molar-refractivity contribution in [3.05, 3.63) is 77.9 Å². The van der Waals surface area contributed by atoms with Crippen LogP contribution in [0.15, 0.2) is 60.9 Å². The maximum absolute atomic E-state index is 12.5. The van der Waals surface area contributed by atoms with Crippen LogP contribution in [-0.4, -0.2) is 24.6 Å². The lowest BCUT2D eigenvalue weighted by molar-refractivity contribution is -0.693. The Morgan fingerprint density at radius 1 is 0.962 bits per heavy atom. The number of hydrogen-bond acceptors (Lipinski definition) is 3. The summed E-state index contributed by atoms with van der Waals surface area (Å²) in [5, 5.41) is 0. The van der Waals surface area contributed by atoms with Gasteiger partial charge in [0.2, 0.25) is 5.78 Å². The summed E-state index contributed by atoms with van der Waals surface area (Å²) < 4.78 is 14.4. The van der Waals surface area contributed by atoms with E-state index < -0.39 is 0 Å². The van der Waals surface area contributed by atoms with Crippen molar-refractivity contribution in [2.75, 3.05) is 14.2 Å². The summed E-state index contributed by atoms with van der Waals surface area (Å²) in [7, 11) is 3.27. The fourth-order valence-corrected chi connectivity index (χ4v) is 2.83. The molecule has 1 aromatic heterocycles. The molecule has 2 aromatic carbocycles. The molecule has 1 heterocycles. The van der Waals surface area contributed by atoms with E-state index in [2.05, 4.69) is 4.57 Å². The van der Waals surface area contributed by atoms with Crippen LogP contribution in [0.4, 0.5) is 0 Å². The second-order valence-electron chi connectivity index (χ2n) is 6.10. The van der Waals surface area contributed by atoms with Gasteiger partial charge in [0.05, 0.1) is 14.2 Å². The Morgan fingerprint density at radius 2 is 1.54 bits per heavy atom. The van der Waals surface area contributed by atoms with Crippen molar-refractivity contribution >= 4 is 5.78 Å². The predicted molar refractivity (Wildman–Crippen MR) is 98.8 cm³/mol. The molecule has 134 valence electrons. The molecule has 0 atom stereocenters. The lowest BCUT2D eigenvalue weighted by atomic mass is 10.1. The number of hydrogen-bond donors (Lipinski definition) is 0. The standard InChI is InChI=1S/C21H23N2O3/c1-16-22(14-17-4-8-19(25-2)9-5-17)12-13-23(16)15-21(24)18-6-10-20(26-3)11-7-18/h4-13H,14-15H2,1-3H3/q+1. The van der Waals surface area contributed by atoms with Crippen LogP contribution in [0.1, 0.15) is 21.7 Å². The fraction of sp³-hybridized carbons (Fsp3) is 0.238. The minimum Gasteiger partial charge on any atom is -0.497 e. The maximum Gasteiger partial charge on any atom is 0.253 e. The topological polar surface area (TPSA) is 44.3 Å². The van der Waals surface area contributed by atoms with Crippen LogP contribution in [-0.2, 0) is 13.1 Å². The first-order valence-corrected chi connectivity index (χ1v) is 8.46. The van der Waals surface area contributed by atoms with Crippen LogP contribution in [0.25, 0.3) is 0 Å². The number of imidazole rings is 1. The largest absolute Gasteiger partial charge is 0.497 e. The molecule has 0 aliphatic rings. The molecular weight excluding hydrogens is 328 g/mol. The van der Waals surface area contributed by atoms with E-state index in [-0.39, 0.29) is 5.78 Å². The van der Waals surface area contributed by atoms with Crippen LogP contribution in [0.3, 0.4) is 0 Å². The van der Waals surface area contributed by atoms with E-state index in [0.29, 0.717) is 12.1 Å².